The van der Waals surface area contributed by atoms with Crippen LogP contribution in [0.3, 0.4) is 0 Å². The van der Waals surface area contributed by atoms with Gasteiger partial charge in [-0.15, -0.1) is 8.97 Å². The number of carbonyl (C=O) groups is 3. The van der Waals surface area contributed by atoms with E-state index in [0.29, 0.717) is 17.4 Å². The molecule has 0 spiro atoms. The molecule has 2 amide bonds. The van der Waals surface area contributed by atoms with Crippen LogP contribution in [0.15, 0.2) is 40.5 Å². The fraction of sp³-hybridized carbons (Fsp3) is 0.464. The first-order valence-electron chi connectivity index (χ1n) is 14.6. The van der Waals surface area contributed by atoms with Crippen molar-refractivity contribution in [2.45, 2.75) is 63.8 Å². The fourth-order valence-corrected chi connectivity index (χ4v) is 6.32. The van der Waals surface area contributed by atoms with E-state index in [-0.39, 0.29) is 5.70 Å². The number of amides is 2. The second-order valence-electron chi connectivity index (χ2n) is 11.5. The predicted molar refractivity (Wildman–Crippen MR) is 172 cm³/mol. The van der Waals surface area contributed by atoms with Gasteiger partial charge in [0.15, 0.2) is 12.8 Å². The summed E-state index contributed by atoms with van der Waals surface area (Å²) in [6.07, 6.45) is -0.818. The molecule has 1 fully saturated rings. The molecule has 3 atom stereocenters. The van der Waals surface area contributed by atoms with Crippen LogP contribution in [-0.4, -0.2) is 87.7 Å². The van der Waals surface area contributed by atoms with E-state index in [0.717, 1.165) is 47.2 Å². The molecule has 1 unspecified atom stereocenters. The molecular weight excluding hydrogens is 672 g/mol. The number of nitrogens with one attached hydrogen (secondary N) is 2. The van der Waals surface area contributed by atoms with Gasteiger partial charge in [-0.05, 0) is 51.4 Å². The average molecular weight is 712 g/mol. The van der Waals surface area contributed by atoms with Crippen molar-refractivity contribution in [3.05, 3.63) is 46.8 Å². The van der Waals surface area contributed by atoms with Crippen LogP contribution >= 0.6 is 11.8 Å². The standard InChI is InChI=1S/C28H38N8O10S2/c1-15-21(16(2)35(34(15)5)12-6-11-29)17-7-9-18(10-8-17)44-13-20(26(39)40)45-33-22(19-14-47-27(30)31-19)24(37)32-23-25(38)36(28(23,3)4)46-48(41,42)43/h7-10,14,20,23,27,31H,6,11-13,29-30H2,1-5H3,(H2-,32,37,39,40,41,42,43)/p+1/b33-22-/t20-,23+,27?/m0/s1. The molecule has 18 nitrogen and oxygen atoms in total. The number of carboxylic acid groups (broad SMARTS) is 1. The van der Waals surface area contributed by atoms with Gasteiger partial charge < -0.3 is 36.8 Å². The number of nitrogens with zero attached hydrogens (tertiary/aromatic N) is 4. The smallest absolute Gasteiger partial charge is 0.418 e. The van der Waals surface area contributed by atoms with Crippen LogP contribution in [0.1, 0.15) is 31.7 Å². The van der Waals surface area contributed by atoms with Gasteiger partial charge in [-0.25, -0.2) is 4.79 Å². The Kier molecular flexibility index (Phi) is 11.1. The summed E-state index contributed by atoms with van der Waals surface area (Å²) in [6, 6.07) is 5.82. The van der Waals surface area contributed by atoms with Crippen LogP contribution in [0.5, 0.6) is 5.75 Å². The van der Waals surface area contributed by atoms with Gasteiger partial charge in [0.25, 0.3) is 17.9 Å². The number of ether oxygens (including phenoxy) is 1. The van der Waals surface area contributed by atoms with Gasteiger partial charge in [0, 0.05) is 12.3 Å². The molecule has 1 aromatic heterocycles. The lowest BCUT2D eigenvalue weighted by atomic mass is 9.84. The first-order chi connectivity index (χ1) is 22.5. The number of oxime groups is 1. The number of hydrogen-bond acceptors (Lipinski definition) is 13. The number of benzene rings is 1. The van der Waals surface area contributed by atoms with E-state index in [1.165, 1.54) is 19.3 Å². The van der Waals surface area contributed by atoms with Crippen molar-refractivity contribution in [1.82, 2.24) is 20.4 Å². The van der Waals surface area contributed by atoms with Crippen molar-refractivity contribution in [2.24, 2.45) is 23.7 Å². The fourth-order valence-electron chi connectivity index (χ4n) is 5.21. The Bertz CT molecular complexity index is 1740. The van der Waals surface area contributed by atoms with Crippen molar-refractivity contribution in [2.75, 3.05) is 13.2 Å². The van der Waals surface area contributed by atoms with Crippen LogP contribution in [0, 0.1) is 13.8 Å². The van der Waals surface area contributed by atoms with Gasteiger partial charge in [0.05, 0.1) is 29.0 Å². The van der Waals surface area contributed by atoms with Gasteiger partial charge in [-0.1, -0.05) is 29.1 Å². The Hall–Kier alpha value is -4.21. The van der Waals surface area contributed by atoms with Gasteiger partial charge >= 0.3 is 16.4 Å². The number of β-lactam (4-membered cyclic amide) rings is 1. The molecule has 4 rings (SSSR count). The molecule has 20 heteroatoms. The lowest BCUT2D eigenvalue weighted by Crippen LogP contribution is -2.77. The van der Waals surface area contributed by atoms with E-state index < -0.39 is 63.7 Å². The van der Waals surface area contributed by atoms with Crippen molar-refractivity contribution >= 4 is 45.7 Å². The highest BCUT2D eigenvalue weighted by atomic mass is 32.3. The third kappa shape index (κ3) is 7.90. The molecule has 3 heterocycles. The van der Waals surface area contributed by atoms with E-state index in [1.807, 2.05) is 33.0 Å². The highest BCUT2D eigenvalue weighted by Crippen LogP contribution is 2.33. The van der Waals surface area contributed by atoms with Crippen molar-refractivity contribution in [1.29, 1.82) is 0 Å². The number of carbonyl (C=O) groups excluding carboxylic acids is 2. The van der Waals surface area contributed by atoms with Crippen molar-refractivity contribution in [3.63, 3.8) is 0 Å². The normalized spacial score (nSPS) is 19.7. The van der Waals surface area contributed by atoms with Gasteiger partial charge in [0.2, 0.25) is 5.69 Å². The molecule has 0 radical (unpaired) electrons. The quantitative estimate of drug-likeness (QED) is 0.0444. The van der Waals surface area contributed by atoms with Crippen LogP contribution in [-0.2, 0) is 47.5 Å². The zero-order valence-corrected chi connectivity index (χ0v) is 28.5. The Morgan fingerprint density at radius 3 is 2.46 bits per heavy atom. The highest BCUT2D eigenvalue weighted by molar-refractivity contribution is 8.02. The molecule has 2 aliphatic rings. The van der Waals surface area contributed by atoms with Gasteiger partial charge in [-0.2, -0.15) is 18.2 Å². The largest absolute Gasteiger partial charge is 0.489 e. The zero-order valence-electron chi connectivity index (χ0n) is 26.9. The third-order valence-corrected chi connectivity index (χ3v) is 8.97. The summed E-state index contributed by atoms with van der Waals surface area (Å²) in [6.45, 7) is 7.70. The summed E-state index contributed by atoms with van der Waals surface area (Å²) in [5.74, 6) is -3.02. The summed E-state index contributed by atoms with van der Waals surface area (Å²) in [7, 11) is -3.02. The van der Waals surface area contributed by atoms with E-state index in [9.17, 15) is 27.9 Å². The minimum Gasteiger partial charge on any atom is -0.489 e. The van der Waals surface area contributed by atoms with E-state index in [1.54, 1.807) is 12.1 Å². The second-order valence-corrected chi connectivity index (χ2v) is 13.5. The number of thioether (sulfide) groups is 1. The SMILES string of the molecule is Cc1c(-c2ccc(OC[C@H](O/N=C(\C(=O)N[C@@H]3C(=O)N(OS(=O)(=O)O)C3(C)C)C3=CSC(N)N3)C(=O)O)cc2)c(C)[n+](C)n1CCCN. The van der Waals surface area contributed by atoms with Crippen molar-refractivity contribution < 1.29 is 51.0 Å². The molecule has 48 heavy (non-hydrogen) atoms. The highest BCUT2D eigenvalue weighted by Gasteiger charge is 2.58. The molecule has 0 saturated carbocycles. The van der Waals surface area contributed by atoms with Crippen LogP contribution in [0.4, 0.5) is 0 Å². The van der Waals surface area contributed by atoms with Crippen molar-refractivity contribution in [3.8, 4) is 16.9 Å². The summed E-state index contributed by atoms with van der Waals surface area (Å²) >= 11 is 1.10. The number of hydrogen-bond donors (Lipinski definition) is 6. The average Bonchev–Trinajstić information content (AvgIpc) is 3.53. The lowest BCUT2D eigenvalue weighted by Gasteiger charge is -2.50. The molecule has 2 aromatic rings. The molecule has 8 N–H and O–H groups in total. The van der Waals surface area contributed by atoms with E-state index in [2.05, 4.69) is 29.4 Å². The number of hydroxylamine groups is 2. The summed E-state index contributed by atoms with van der Waals surface area (Å²) in [5, 5.41) is 20.6. The molecule has 0 aliphatic carbocycles. The maximum Gasteiger partial charge on any atom is 0.418 e. The van der Waals surface area contributed by atoms with Gasteiger partial charge in [0.1, 0.15) is 23.9 Å². The number of rotatable bonds is 15. The first kappa shape index (κ1) is 36.6. The first-order valence-corrected chi connectivity index (χ1v) is 16.9. The Labute approximate surface area is 280 Å². The maximum atomic E-state index is 13.3. The minimum absolute atomic E-state index is 0.0807. The number of aromatic nitrogens is 2. The topological polar surface area (TPSA) is 254 Å². The molecule has 1 saturated heterocycles. The van der Waals surface area contributed by atoms with Crippen LogP contribution in [0.25, 0.3) is 11.1 Å². The van der Waals surface area contributed by atoms with Gasteiger partial charge in [-0.3, -0.25) is 14.1 Å². The monoisotopic (exact) mass is 711 g/mol. The number of aliphatic carboxylic acids is 1. The maximum absolute atomic E-state index is 13.3. The Morgan fingerprint density at radius 1 is 1.25 bits per heavy atom. The molecular formula is C28H39N8O10S2+. The summed E-state index contributed by atoms with van der Waals surface area (Å²) < 4.78 is 45.4. The number of carboxylic acids is 1. The summed E-state index contributed by atoms with van der Waals surface area (Å²) in [4.78, 5) is 43.1. The van der Waals surface area contributed by atoms with E-state index in [4.69, 9.17) is 25.6 Å². The second kappa shape index (κ2) is 14.5. The van der Waals surface area contributed by atoms with E-state index >= 15 is 0 Å². The molecule has 262 valence electrons. The Morgan fingerprint density at radius 2 is 1.92 bits per heavy atom. The minimum atomic E-state index is -5.01. The third-order valence-electron chi connectivity index (χ3n) is 7.85. The zero-order chi connectivity index (χ0) is 35.6. The molecule has 1 aromatic carbocycles. The number of nitrogens with two attached hydrogens (primary N) is 2. The molecule has 0 bridgehead atoms. The Balaban J connectivity index is 1.46. The van der Waals surface area contributed by atoms with Crippen LogP contribution in [0.2, 0.25) is 0 Å². The van der Waals surface area contributed by atoms with Crippen LogP contribution < -0.4 is 31.5 Å². The molecule has 2 aliphatic heterocycles. The predicted octanol–water partition coefficient (Wildman–Crippen LogP) is -0.590. The lowest BCUT2D eigenvalue weighted by molar-refractivity contribution is -0.759. The summed E-state index contributed by atoms with van der Waals surface area (Å²) in [5.41, 5.74) is 13.3.